The summed E-state index contributed by atoms with van der Waals surface area (Å²) in [5, 5.41) is 11.0. The van der Waals surface area contributed by atoms with E-state index in [-0.39, 0.29) is 9.92 Å². The van der Waals surface area contributed by atoms with Gasteiger partial charge in [0.05, 0.1) is 4.92 Å². The Morgan fingerprint density at radius 3 is 2.88 bits per heavy atom. The predicted octanol–water partition coefficient (Wildman–Crippen LogP) is 4.05. The van der Waals surface area contributed by atoms with Crippen LogP contribution in [0.25, 0.3) is 0 Å². The molecule has 0 spiro atoms. The van der Waals surface area contributed by atoms with Crippen molar-refractivity contribution in [2.75, 3.05) is 6.54 Å². The topological polar surface area (TPSA) is 72.2 Å². The van der Waals surface area contributed by atoms with E-state index >= 15 is 0 Å². The number of fused-ring (bicyclic) bond motifs is 1. The molecule has 4 rings (SSSR count). The minimum atomic E-state index is -0.319. The lowest BCUT2D eigenvalue weighted by Crippen LogP contribution is -2.31. The maximum atomic E-state index is 10.8. The van der Waals surface area contributed by atoms with Crippen molar-refractivity contribution < 1.29 is 4.92 Å². The highest BCUT2D eigenvalue weighted by atomic mass is 32.1. The lowest BCUT2D eigenvalue weighted by Gasteiger charge is -2.28. The minimum absolute atomic E-state index is 0.216. The Labute approximate surface area is 151 Å². The zero-order valence-electron chi connectivity index (χ0n) is 14.2. The third-order valence-corrected chi connectivity index (χ3v) is 6.23. The van der Waals surface area contributed by atoms with Crippen LogP contribution < -0.4 is 0 Å². The van der Waals surface area contributed by atoms with Gasteiger partial charge in [0, 0.05) is 60.4 Å². The molecule has 1 aliphatic heterocycles. The van der Waals surface area contributed by atoms with Crippen molar-refractivity contribution in [3.63, 3.8) is 0 Å². The van der Waals surface area contributed by atoms with Crippen molar-refractivity contribution in [2.45, 2.75) is 57.5 Å². The van der Waals surface area contributed by atoms with Crippen LogP contribution in [-0.2, 0) is 19.5 Å². The highest BCUT2D eigenvalue weighted by Crippen LogP contribution is 2.32. The molecule has 2 aromatic rings. The highest BCUT2D eigenvalue weighted by Gasteiger charge is 2.23. The van der Waals surface area contributed by atoms with Gasteiger partial charge in [-0.05, 0) is 18.9 Å². The third-order valence-electron chi connectivity index (χ3n) is 5.21. The molecule has 25 heavy (non-hydrogen) atoms. The lowest BCUT2D eigenvalue weighted by atomic mass is 9.88. The van der Waals surface area contributed by atoms with Crippen molar-refractivity contribution in [1.29, 1.82) is 0 Å². The van der Waals surface area contributed by atoms with Crippen LogP contribution in [0.5, 0.6) is 0 Å². The molecule has 0 aromatic carbocycles. The molecule has 0 N–H and O–H groups in total. The van der Waals surface area contributed by atoms with E-state index in [2.05, 4.69) is 9.88 Å². The van der Waals surface area contributed by atoms with Crippen LogP contribution in [0.1, 0.15) is 60.0 Å². The van der Waals surface area contributed by atoms with Crippen molar-refractivity contribution >= 4 is 16.3 Å². The van der Waals surface area contributed by atoms with Crippen molar-refractivity contribution in [1.82, 2.24) is 14.9 Å². The van der Waals surface area contributed by atoms with Gasteiger partial charge < -0.3 is 0 Å². The highest BCUT2D eigenvalue weighted by molar-refractivity contribution is 7.15. The fourth-order valence-corrected chi connectivity index (χ4v) is 4.72. The molecule has 1 fully saturated rings. The molecule has 2 aliphatic rings. The number of rotatable bonds is 4. The Hall–Kier alpha value is -1.86. The van der Waals surface area contributed by atoms with Gasteiger partial charge in [-0.25, -0.2) is 9.97 Å². The molecule has 0 atom stereocenters. The van der Waals surface area contributed by atoms with Gasteiger partial charge in [0.15, 0.2) is 0 Å². The van der Waals surface area contributed by atoms with Crippen LogP contribution >= 0.6 is 11.3 Å². The lowest BCUT2D eigenvalue weighted by molar-refractivity contribution is -0.380. The second-order valence-corrected chi connectivity index (χ2v) is 8.14. The number of aromatic nitrogens is 2. The first-order chi connectivity index (χ1) is 12.2. The van der Waals surface area contributed by atoms with Gasteiger partial charge >= 0.3 is 5.00 Å². The summed E-state index contributed by atoms with van der Waals surface area (Å²) in [5.74, 6) is 1.59. The molecule has 6 nitrogen and oxygen atoms in total. The average Bonchev–Trinajstić information content (AvgIpc) is 3.11. The largest absolute Gasteiger partial charge is 0.324 e. The van der Waals surface area contributed by atoms with E-state index in [1.807, 2.05) is 12.3 Å². The van der Waals surface area contributed by atoms with E-state index in [9.17, 15) is 10.1 Å². The first kappa shape index (κ1) is 16.6. The van der Waals surface area contributed by atoms with E-state index in [4.69, 9.17) is 4.98 Å². The fraction of sp³-hybridized carbons (Fsp3) is 0.556. The summed E-state index contributed by atoms with van der Waals surface area (Å²) in [6.45, 7) is 2.52. The summed E-state index contributed by atoms with van der Waals surface area (Å²) in [5.41, 5.74) is 2.40. The van der Waals surface area contributed by atoms with Crippen LogP contribution in [0.3, 0.4) is 0 Å². The number of nitrogens with zero attached hydrogens (tertiary/aromatic N) is 4. The maximum Gasteiger partial charge on any atom is 0.324 e. The molecule has 2 aromatic heterocycles. The van der Waals surface area contributed by atoms with Gasteiger partial charge in [-0.2, -0.15) is 0 Å². The second kappa shape index (κ2) is 7.17. The molecule has 0 saturated heterocycles. The predicted molar refractivity (Wildman–Crippen MR) is 96.6 cm³/mol. The average molecular weight is 358 g/mol. The molecule has 132 valence electrons. The molecule has 0 amide bonds. The Kier molecular flexibility index (Phi) is 4.76. The standard InChI is InChI=1S/C18H22N4O2S/c23-22(24)17-7-6-15(25-17)12-21-9-8-16-14(11-21)10-19-18(20-16)13-4-2-1-3-5-13/h6-7,10,13H,1-5,8-9,11-12H2. The summed E-state index contributed by atoms with van der Waals surface area (Å²) in [6.07, 6.45) is 9.33. The van der Waals surface area contributed by atoms with Gasteiger partial charge in [0.2, 0.25) is 0 Å². The fourth-order valence-electron chi connectivity index (χ4n) is 3.85. The van der Waals surface area contributed by atoms with Crippen LogP contribution in [0.15, 0.2) is 18.3 Å². The Morgan fingerprint density at radius 2 is 2.12 bits per heavy atom. The summed E-state index contributed by atoms with van der Waals surface area (Å²) >= 11 is 1.27. The van der Waals surface area contributed by atoms with Crippen molar-refractivity contribution in [3.8, 4) is 0 Å². The van der Waals surface area contributed by atoms with Crippen LogP contribution in [0, 0.1) is 10.1 Å². The summed E-state index contributed by atoms with van der Waals surface area (Å²) in [6, 6.07) is 3.46. The van der Waals surface area contributed by atoms with Crippen molar-refractivity contribution in [2.24, 2.45) is 0 Å². The van der Waals surface area contributed by atoms with E-state index in [0.29, 0.717) is 5.92 Å². The molecule has 0 unspecified atom stereocenters. The molecule has 7 heteroatoms. The van der Waals surface area contributed by atoms with Gasteiger partial charge in [-0.1, -0.05) is 30.6 Å². The SMILES string of the molecule is O=[N+]([O-])c1ccc(CN2CCc3nc(C4CCCCC4)ncc3C2)s1. The van der Waals surface area contributed by atoms with E-state index in [1.165, 1.54) is 54.7 Å². The first-order valence-electron chi connectivity index (χ1n) is 8.99. The smallest absolute Gasteiger partial charge is 0.293 e. The van der Waals surface area contributed by atoms with Gasteiger partial charge in [0.25, 0.3) is 0 Å². The second-order valence-electron chi connectivity index (χ2n) is 6.99. The zero-order valence-corrected chi connectivity index (χ0v) is 15.0. The van der Waals surface area contributed by atoms with Gasteiger partial charge in [0.1, 0.15) is 5.82 Å². The third kappa shape index (κ3) is 3.72. The van der Waals surface area contributed by atoms with E-state index in [0.717, 1.165) is 36.8 Å². The maximum absolute atomic E-state index is 10.8. The quantitative estimate of drug-likeness (QED) is 0.609. The van der Waals surface area contributed by atoms with E-state index in [1.54, 1.807) is 6.07 Å². The Morgan fingerprint density at radius 1 is 1.28 bits per heavy atom. The van der Waals surface area contributed by atoms with Crippen LogP contribution in [0.2, 0.25) is 0 Å². The number of thiophene rings is 1. The minimum Gasteiger partial charge on any atom is -0.293 e. The van der Waals surface area contributed by atoms with Crippen LogP contribution in [0.4, 0.5) is 5.00 Å². The zero-order chi connectivity index (χ0) is 17.2. The van der Waals surface area contributed by atoms with Crippen molar-refractivity contribution in [3.05, 3.63) is 50.4 Å². The first-order valence-corrected chi connectivity index (χ1v) is 9.81. The molecule has 1 saturated carbocycles. The molecule has 1 aliphatic carbocycles. The molecular weight excluding hydrogens is 336 g/mol. The molecule has 0 bridgehead atoms. The van der Waals surface area contributed by atoms with E-state index < -0.39 is 0 Å². The Balaban J connectivity index is 1.43. The number of hydrogen-bond donors (Lipinski definition) is 0. The number of hydrogen-bond acceptors (Lipinski definition) is 6. The summed E-state index contributed by atoms with van der Waals surface area (Å²) in [7, 11) is 0. The normalized spacial score (nSPS) is 18.9. The van der Waals surface area contributed by atoms with Gasteiger partial charge in [-0.15, -0.1) is 0 Å². The summed E-state index contributed by atoms with van der Waals surface area (Å²) in [4.78, 5) is 23.4. The molecular formula is C18H22N4O2S. The molecule has 3 heterocycles. The van der Waals surface area contributed by atoms with Crippen LogP contribution in [-0.4, -0.2) is 26.3 Å². The summed E-state index contributed by atoms with van der Waals surface area (Å²) < 4.78 is 0. The number of nitro groups is 1. The van der Waals surface area contributed by atoms with Gasteiger partial charge in [-0.3, -0.25) is 15.0 Å². The molecule has 0 radical (unpaired) electrons. The Bertz CT molecular complexity index is 770. The monoisotopic (exact) mass is 358 g/mol.